The molecule has 1 aromatic rings. The fraction of sp³-hybridized carbons (Fsp3) is 0.462. The van der Waals surface area contributed by atoms with Crippen LogP contribution in [-0.4, -0.2) is 25.7 Å². The summed E-state index contributed by atoms with van der Waals surface area (Å²) in [4.78, 5) is 10.8. The van der Waals surface area contributed by atoms with Crippen LogP contribution in [0.25, 0.3) is 0 Å². The molecule has 5 nitrogen and oxygen atoms in total. The Morgan fingerprint density at radius 3 is 2.72 bits per heavy atom. The van der Waals surface area contributed by atoms with Gasteiger partial charge in [-0.25, -0.2) is 0 Å². The van der Waals surface area contributed by atoms with E-state index in [2.05, 4.69) is 5.32 Å². The number of hydrogen-bond donors (Lipinski definition) is 2. The average Bonchev–Trinajstić information content (AvgIpc) is 2.35. The van der Waals surface area contributed by atoms with E-state index in [1.165, 1.54) is 0 Å². The first kappa shape index (κ1) is 14.3. The van der Waals surface area contributed by atoms with E-state index in [1.54, 1.807) is 0 Å². The Morgan fingerprint density at radius 2 is 2.11 bits per heavy atom. The highest BCUT2D eigenvalue weighted by Gasteiger charge is 2.11. The van der Waals surface area contributed by atoms with Crippen LogP contribution >= 0.6 is 0 Å². The van der Waals surface area contributed by atoms with E-state index in [0.29, 0.717) is 24.7 Å². The topological polar surface area (TPSA) is 73.6 Å². The number of hydrogen-bond acceptors (Lipinski definition) is 4. The fourth-order valence-electron chi connectivity index (χ4n) is 1.54. The lowest BCUT2D eigenvalue weighted by molar-refractivity contribution is -0.119. The smallest absolute Gasteiger partial charge is 0.255 e. The minimum Gasteiger partial charge on any atom is -0.490 e. The number of benzene rings is 1. The molecule has 0 fully saturated rings. The molecular weight excluding hydrogens is 232 g/mol. The van der Waals surface area contributed by atoms with Crippen molar-refractivity contribution in [1.82, 2.24) is 5.32 Å². The number of rotatable bonds is 8. The lowest BCUT2D eigenvalue weighted by Crippen LogP contribution is -2.21. The minimum absolute atomic E-state index is 0.150. The van der Waals surface area contributed by atoms with Gasteiger partial charge in [0.05, 0.1) is 6.61 Å². The van der Waals surface area contributed by atoms with Crippen LogP contribution in [0.2, 0.25) is 0 Å². The maximum absolute atomic E-state index is 10.8. The molecule has 0 bridgehead atoms. The van der Waals surface area contributed by atoms with Gasteiger partial charge >= 0.3 is 0 Å². The zero-order valence-corrected chi connectivity index (χ0v) is 10.9. The van der Waals surface area contributed by atoms with Crippen LogP contribution in [0.5, 0.6) is 11.5 Å². The van der Waals surface area contributed by atoms with Crippen molar-refractivity contribution in [3.8, 4) is 11.5 Å². The first-order valence-corrected chi connectivity index (χ1v) is 6.05. The maximum atomic E-state index is 10.8. The first-order valence-electron chi connectivity index (χ1n) is 6.05. The van der Waals surface area contributed by atoms with Crippen molar-refractivity contribution in [2.75, 3.05) is 19.8 Å². The van der Waals surface area contributed by atoms with Gasteiger partial charge in [0.1, 0.15) is 0 Å². The Morgan fingerprint density at radius 1 is 1.33 bits per heavy atom. The summed E-state index contributed by atoms with van der Waals surface area (Å²) in [6.45, 7) is 5.82. The van der Waals surface area contributed by atoms with Crippen molar-refractivity contribution in [1.29, 1.82) is 0 Å². The highest BCUT2D eigenvalue weighted by atomic mass is 16.5. The summed E-state index contributed by atoms with van der Waals surface area (Å²) in [6.07, 6.45) is 0. The van der Waals surface area contributed by atoms with Crippen LogP contribution in [0.15, 0.2) is 18.2 Å². The van der Waals surface area contributed by atoms with Gasteiger partial charge in [-0.05, 0) is 19.5 Å². The van der Waals surface area contributed by atoms with Gasteiger partial charge in [0.2, 0.25) is 0 Å². The molecule has 18 heavy (non-hydrogen) atoms. The maximum Gasteiger partial charge on any atom is 0.255 e. The van der Waals surface area contributed by atoms with Crippen molar-refractivity contribution in [2.24, 2.45) is 5.73 Å². The van der Waals surface area contributed by atoms with Gasteiger partial charge < -0.3 is 20.5 Å². The summed E-state index contributed by atoms with van der Waals surface area (Å²) in [6, 6.07) is 5.64. The zero-order valence-electron chi connectivity index (χ0n) is 10.9. The van der Waals surface area contributed by atoms with E-state index in [9.17, 15) is 4.79 Å². The molecule has 3 N–H and O–H groups in total. The fourth-order valence-corrected chi connectivity index (χ4v) is 1.54. The van der Waals surface area contributed by atoms with Gasteiger partial charge in [-0.1, -0.05) is 19.1 Å². The van der Waals surface area contributed by atoms with Gasteiger partial charge in [0, 0.05) is 12.1 Å². The van der Waals surface area contributed by atoms with Gasteiger partial charge in [-0.15, -0.1) is 0 Å². The predicted molar refractivity (Wildman–Crippen MR) is 69.7 cm³/mol. The number of carbonyl (C=O) groups excluding carboxylic acids is 1. The van der Waals surface area contributed by atoms with Crippen LogP contribution in [0.1, 0.15) is 19.4 Å². The highest BCUT2D eigenvalue weighted by Crippen LogP contribution is 2.31. The number of amides is 1. The quantitative estimate of drug-likeness (QED) is 0.725. The molecule has 5 heteroatoms. The van der Waals surface area contributed by atoms with Crippen LogP contribution in [0.4, 0.5) is 0 Å². The largest absolute Gasteiger partial charge is 0.490 e. The van der Waals surface area contributed by atoms with E-state index >= 15 is 0 Å². The second kappa shape index (κ2) is 7.55. The standard InChI is InChI=1S/C13H20N2O3/c1-3-15-8-10-6-5-7-11(17-4-2)13(10)18-9-12(14)16/h5-7,15H,3-4,8-9H2,1-2H3,(H2,14,16). The average molecular weight is 252 g/mol. The molecule has 1 rings (SSSR count). The Balaban J connectivity index is 2.92. The van der Waals surface area contributed by atoms with Crippen LogP contribution in [0, 0.1) is 0 Å². The van der Waals surface area contributed by atoms with Gasteiger partial charge in [-0.2, -0.15) is 0 Å². The third-order valence-electron chi connectivity index (χ3n) is 2.28. The van der Waals surface area contributed by atoms with Gasteiger partial charge in [0.25, 0.3) is 5.91 Å². The first-order chi connectivity index (χ1) is 8.69. The van der Waals surface area contributed by atoms with E-state index in [0.717, 1.165) is 12.1 Å². The summed E-state index contributed by atoms with van der Waals surface area (Å²) >= 11 is 0. The third-order valence-corrected chi connectivity index (χ3v) is 2.28. The summed E-state index contributed by atoms with van der Waals surface area (Å²) in [5.74, 6) is 0.712. The van der Waals surface area contributed by atoms with E-state index < -0.39 is 5.91 Å². The molecule has 0 aromatic heterocycles. The number of nitrogens with two attached hydrogens (primary N) is 1. The molecule has 0 aliphatic carbocycles. The molecule has 100 valence electrons. The van der Waals surface area contributed by atoms with Crippen LogP contribution in [-0.2, 0) is 11.3 Å². The number of para-hydroxylation sites is 1. The summed E-state index contributed by atoms with van der Waals surface area (Å²) < 4.78 is 10.9. The van der Waals surface area contributed by atoms with Crippen molar-refractivity contribution < 1.29 is 14.3 Å². The molecule has 0 heterocycles. The molecule has 0 atom stereocenters. The Labute approximate surface area is 107 Å². The Kier molecular flexibility index (Phi) is 6.00. The van der Waals surface area contributed by atoms with Crippen molar-refractivity contribution in [3.63, 3.8) is 0 Å². The monoisotopic (exact) mass is 252 g/mol. The molecule has 0 unspecified atom stereocenters. The van der Waals surface area contributed by atoms with E-state index in [4.69, 9.17) is 15.2 Å². The molecule has 1 amide bonds. The number of primary amides is 1. The second-order valence-corrected chi connectivity index (χ2v) is 3.71. The molecule has 0 saturated heterocycles. The molecule has 1 aromatic carbocycles. The molecule has 0 spiro atoms. The van der Waals surface area contributed by atoms with Gasteiger partial charge in [0.15, 0.2) is 18.1 Å². The summed E-state index contributed by atoms with van der Waals surface area (Å²) in [7, 11) is 0. The van der Waals surface area contributed by atoms with Gasteiger partial charge in [-0.3, -0.25) is 4.79 Å². The molecule has 0 aliphatic heterocycles. The molecule has 0 radical (unpaired) electrons. The number of nitrogens with one attached hydrogen (secondary N) is 1. The van der Waals surface area contributed by atoms with E-state index in [1.807, 2.05) is 32.0 Å². The zero-order chi connectivity index (χ0) is 13.4. The summed E-state index contributed by atoms with van der Waals surface area (Å²) in [5.41, 5.74) is 6.04. The highest BCUT2D eigenvalue weighted by molar-refractivity contribution is 5.75. The predicted octanol–water partition coefficient (Wildman–Crippen LogP) is 1.06. The SMILES string of the molecule is CCNCc1cccc(OCC)c1OCC(N)=O. The van der Waals surface area contributed by atoms with E-state index in [-0.39, 0.29) is 6.61 Å². The van der Waals surface area contributed by atoms with Crippen molar-refractivity contribution >= 4 is 5.91 Å². The summed E-state index contributed by atoms with van der Waals surface area (Å²) in [5, 5.41) is 3.21. The van der Waals surface area contributed by atoms with Crippen molar-refractivity contribution in [3.05, 3.63) is 23.8 Å². The third kappa shape index (κ3) is 4.25. The number of carbonyl (C=O) groups is 1. The lowest BCUT2D eigenvalue weighted by atomic mass is 10.2. The molecule has 0 saturated carbocycles. The van der Waals surface area contributed by atoms with Crippen LogP contribution < -0.4 is 20.5 Å². The lowest BCUT2D eigenvalue weighted by Gasteiger charge is -2.15. The molecule has 0 aliphatic rings. The normalized spacial score (nSPS) is 10.1. The Bertz CT molecular complexity index is 394. The molecular formula is C13H20N2O3. The van der Waals surface area contributed by atoms with Crippen molar-refractivity contribution in [2.45, 2.75) is 20.4 Å². The minimum atomic E-state index is -0.504. The number of ether oxygens (including phenoxy) is 2. The Hall–Kier alpha value is -1.75. The van der Waals surface area contributed by atoms with Crippen LogP contribution in [0.3, 0.4) is 0 Å². The second-order valence-electron chi connectivity index (χ2n) is 3.71.